The first kappa shape index (κ1) is 18.0. The van der Waals surface area contributed by atoms with Gasteiger partial charge in [-0.05, 0) is 50.5 Å². The van der Waals surface area contributed by atoms with Gasteiger partial charge in [0.15, 0.2) is 0 Å². The Balaban J connectivity index is 2.39. The molecule has 0 aromatic heterocycles. The molecule has 1 aromatic carbocycles. The van der Waals surface area contributed by atoms with Crippen molar-refractivity contribution in [3.05, 3.63) is 41.4 Å². The average molecular weight is 357 g/mol. The lowest BCUT2D eigenvalue weighted by molar-refractivity contribution is -0.124. The first-order valence-corrected chi connectivity index (χ1v) is 9.45. The van der Waals surface area contributed by atoms with E-state index in [0.29, 0.717) is 18.0 Å². The number of amides is 1. The van der Waals surface area contributed by atoms with Crippen LogP contribution in [0.4, 0.5) is 0 Å². The molecule has 1 heterocycles. The fraction of sp³-hybridized carbons (Fsp3) is 0.438. The summed E-state index contributed by atoms with van der Waals surface area (Å²) in [5.41, 5.74) is 0. The maximum Gasteiger partial charge on any atom is 0.244 e. The number of rotatable bonds is 5. The Morgan fingerprint density at radius 3 is 2.65 bits per heavy atom. The molecule has 1 aliphatic heterocycles. The highest BCUT2D eigenvalue weighted by Gasteiger charge is 2.35. The highest BCUT2D eigenvalue weighted by atomic mass is 35.5. The molecule has 0 radical (unpaired) electrons. The molecule has 0 aliphatic carbocycles. The van der Waals surface area contributed by atoms with Gasteiger partial charge in [0.25, 0.3) is 0 Å². The number of benzene rings is 1. The molecule has 1 N–H and O–H groups in total. The summed E-state index contributed by atoms with van der Waals surface area (Å²) in [6, 6.07) is 5.32. The lowest BCUT2D eigenvalue weighted by Crippen LogP contribution is -2.48. The first-order valence-electron chi connectivity index (χ1n) is 7.63. The number of sulfonamides is 1. The highest BCUT2D eigenvalue weighted by Crippen LogP contribution is 2.23. The van der Waals surface area contributed by atoms with Gasteiger partial charge in [-0.3, -0.25) is 4.79 Å². The number of nitrogens with zero attached hydrogens (tertiary/aromatic N) is 1. The van der Waals surface area contributed by atoms with Crippen molar-refractivity contribution in [2.75, 3.05) is 13.1 Å². The molecular formula is C16H21ClN2O3S. The summed E-state index contributed by atoms with van der Waals surface area (Å²) in [6.07, 6.45) is 5.72. The largest absolute Gasteiger partial charge is 0.355 e. The van der Waals surface area contributed by atoms with Crippen LogP contribution in [0.25, 0.3) is 0 Å². The Morgan fingerprint density at radius 1 is 1.30 bits per heavy atom. The number of allylic oxidation sites excluding steroid dienone is 1. The quantitative estimate of drug-likeness (QED) is 0.824. The maximum atomic E-state index is 13.0. The molecule has 7 heteroatoms. The number of carbonyl (C=O) groups excluding carboxylic acids is 1. The van der Waals surface area contributed by atoms with Crippen molar-refractivity contribution in [1.82, 2.24) is 9.62 Å². The normalized spacial score (nSPS) is 19.8. The second-order valence-corrected chi connectivity index (χ2v) is 7.73. The van der Waals surface area contributed by atoms with Gasteiger partial charge in [-0.2, -0.15) is 4.31 Å². The van der Waals surface area contributed by atoms with Crippen molar-refractivity contribution in [2.45, 2.75) is 37.1 Å². The number of carbonyl (C=O) groups is 1. The molecule has 0 spiro atoms. The van der Waals surface area contributed by atoms with Crippen LogP contribution in [-0.4, -0.2) is 37.8 Å². The van der Waals surface area contributed by atoms with Gasteiger partial charge < -0.3 is 5.32 Å². The minimum Gasteiger partial charge on any atom is -0.355 e. The van der Waals surface area contributed by atoms with Crippen molar-refractivity contribution in [3.8, 4) is 0 Å². The standard InChI is InChI=1S/C16H21ClN2O3S/c1-2-3-12-19(15-6-4-5-11-18-16(15)20)23(21,22)14-9-7-13(17)8-10-14/h2-3,7-10,15H,4-6,11-12H2,1H3,(H,18,20). The van der Waals surface area contributed by atoms with Crippen LogP contribution in [0.3, 0.4) is 0 Å². The number of hydrogen-bond acceptors (Lipinski definition) is 3. The predicted octanol–water partition coefficient (Wildman–Crippen LogP) is 2.58. The molecular weight excluding hydrogens is 336 g/mol. The molecule has 1 atom stereocenters. The van der Waals surface area contributed by atoms with Gasteiger partial charge >= 0.3 is 0 Å². The molecule has 1 amide bonds. The van der Waals surface area contributed by atoms with Gasteiger partial charge in [0, 0.05) is 18.1 Å². The summed E-state index contributed by atoms with van der Waals surface area (Å²) in [7, 11) is -3.78. The maximum absolute atomic E-state index is 13.0. The number of hydrogen-bond donors (Lipinski definition) is 1. The van der Waals surface area contributed by atoms with Crippen LogP contribution >= 0.6 is 11.6 Å². The minimum atomic E-state index is -3.78. The molecule has 0 saturated carbocycles. The Kier molecular flexibility index (Phi) is 6.21. The van der Waals surface area contributed by atoms with E-state index >= 15 is 0 Å². The van der Waals surface area contributed by atoms with Crippen molar-refractivity contribution in [2.24, 2.45) is 0 Å². The van der Waals surface area contributed by atoms with Crippen LogP contribution in [0.2, 0.25) is 5.02 Å². The van der Waals surface area contributed by atoms with E-state index in [1.807, 2.05) is 6.92 Å². The summed E-state index contributed by atoms with van der Waals surface area (Å²) >= 11 is 5.83. The summed E-state index contributed by atoms with van der Waals surface area (Å²) in [6.45, 7) is 2.58. The Hall–Kier alpha value is -1.37. The molecule has 1 aliphatic rings. The zero-order valence-corrected chi connectivity index (χ0v) is 14.6. The Bertz CT molecular complexity index is 671. The van der Waals surface area contributed by atoms with Gasteiger partial charge in [-0.1, -0.05) is 23.8 Å². The minimum absolute atomic E-state index is 0.142. The lowest BCUT2D eigenvalue weighted by atomic mass is 10.1. The summed E-state index contributed by atoms with van der Waals surface area (Å²) in [5, 5.41) is 3.26. The molecule has 5 nitrogen and oxygen atoms in total. The summed E-state index contributed by atoms with van der Waals surface area (Å²) in [4.78, 5) is 12.4. The third-order valence-electron chi connectivity index (χ3n) is 3.80. The van der Waals surface area contributed by atoms with Crippen molar-refractivity contribution >= 4 is 27.5 Å². The molecule has 1 unspecified atom stereocenters. The van der Waals surface area contributed by atoms with E-state index in [0.717, 1.165) is 12.8 Å². The van der Waals surface area contributed by atoms with Crippen molar-refractivity contribution in [1.29, 1.82) is 0 Å². The third-order valence-corrected chi connectivity index (χ3v) is 5.94. The predicted molar refractivity (Wildman–Crippen MR) is 90.8 cm³/mol. The summed E-state index contributed by atoms with van der Waals surface area (Å²) in [5.74, 6) is -0.232. The van der Waals surface area contributed by atoms with Crippen LogP contribution in [0.15, 0.2) is 41.3 Å². The van der Waals surface area contributed by atoms with E-state index in [9.17, 15) is 13.2 Å². The van der Waals surface area contributed by atoms with Crippen LogP contribution in [-0.2, 0) is 14.8 Å². The monoisotopic (exact) mass is 356 g/mol. The lowest BCUT2D eigenvalue weighted by Gasteiger charge is -2.28. The topological polar surface area (TPSA) is 66.5 Å². The van der Waals surface area contributed by atoms with Gasteiger partial charge in [0.1, 0.15) is 6.04 Å². The van der Waals surface area contributed by atoms with Crippen LogP contribution < -0.4 is 5.32 Å². The zero-order valence-electron chi connectivity index (χ0n) is 13.0. The van der Waals surface area contributed by atoms with E-state index in [-0.39, 0.29) is 17.3 Å². The SMILES string of the molecule is CC=CCN(C1CCCCNC1=O)S(=O)(=O)c1ccc(Cl)cc1. The first-order chi connectivity index (χ1) is 11.0. The molecule has 1 saturated heterocycles. The van der Waals surface area contributed by atoms with Gasteiger partial charge in [-0.25, -0.2) is 8.42 Å². The van der Waals surface area contributed by atoms with Crippen LogP contribution in [0.1, 0.15) is 26.2 Å². The van der Waals surface area contributed by atoms with Gasteiger partial charge in [0.2, 0.25) is 15.9 Å². The van der Waals surface area contributed by atoms with Gasteiger partial charge in [0.05, 0.1) is 4.90 Å². The molecule has 23 heavy (non-hydrogen) atoms. The average Bonchev–Trinajstić information content (AvgIpc) is 2.73. The Labute approximate surface area is 142 Å². The van der Waals surface area contributed by atoms with E-state index in [1.165, 1.54) is 28.6 Å². The number of halogens is 1. The fourth-order valence-corrected chi connectivity index (χ4v) is 4.24. The second kappa shape index (κ2) is 7.95. The van der Waals surface area contributed by atoms with Gasteiger partial charge in [-0.15, -0.1) is 0 Å². The fourth-order valence-electron chi connectivity index (χ4n) is 2.54. The molecule has 1 fully saturated rings. The van der Waals surface area contributed by atoms with E-state index in [2.05, 4.69) is 5.32 Å². The smallest absolute Gasteiger partial charge is 0.244 e. The Morgan fingerprint density at radius 2 is 2.00 bits per heavy atom. The highest BCUT2D eigenvalue weighted by molar-refractivity contribution is 7.89. The second-order valence-electron chi connectivity index (χ2n) is 5.40. The van der Waals surface area contributed by atoms with E-state index in [1.54, 1.807) is 12.2 Å². The van der Waals surface area contributed by atoms with Crippen molar-refractivity contribution < 1.29 is 13.2 Å². The van der Waals surface area contributed by atoms with Crippen molar-refractivity contribution in [3.63, 3.8) is 0 Å². The van der Waals surface area contributed by atoms with E-state index < -0.39 is 16.1 Å². The molecule has 0 bridgehead atoms. The van der Waals surface area contributed by atoms with Crippen LogP contribution in [0.5, 0.6) is 0 Å². The molecule has 2 rings (SSSR count). The number of nitrogens with one attached hydrogen (secondary N) is 1. The van der Waals surface area contributed by atoms with E-state index in [4.69, 9.17) is 11.6 Å². The summed E-state index contributed by atoms with van der Waals surface area (Å²) < 4.78 is 27.2. The third kappa shape index (κ3) is 4.34. The molecule has 1 aromatic rings. The van der Waals surface area contributed by atoms with Crippen LogP contribution in [0, 0.1) is 0 Å². The zero-order chi connectivity index (χ0) is 16.9. The molecule has 126 valence electrons.